The maximum Gasteiger partial charge on any atom is 0.251 e. The second kappa shape index (κ2) is 7.11. The van der Waals surface area contributed by atoms with Crippen molar-refractivity contribution in [2.75, 3.05) is 20.2 Å². The van der Waals surface area contributed by atoms with Gasteiger partial charge in [0.2, 0.25) is 0 Å². The van der Waals surface area contributed by atoms with E-state index in [-0.39, 0.29) is 18.1 Å². The van der Waals surface area contributed by atoms with Crippen molar-refractivity contribution in [1.29, 1.82) is 0 Å². The van der Waals surface area contributed by atoms with E-state index in [1.807, 2.05) is 24.3 Å². The van der Waals surface area contributed by atoms with Crippen LogP contribution < -0.4 is 5.32 Å². The summed E-state index contributed by atoms with van der Waals surface area (Å²) in [6.45, 7) is 5.95. The summed E-state index contributed by atoms with van der Waals surface area (Å²) < 4.78 is 7.33. The number of carbonyl (C=O) groups is 1. The minimum atomic E-state index is -0.0806. The van der Waals surface area contributed by atoms with Gasteiger partial charge in [-0.3, -0.25) is 14.3 Å². The molecule has 2 aromatic rings. The Morgan fingerprint density at radius 1 is 1.21 bits per heavy atom. The summed E-state index contributed by atoms with van der Waals surface area (Å²) in [7, 11) is 1.70. The van der Waals surface area contributed by atoms with Gasteiger partial charge in [-0.25, -0.2) is 0 Å². The standard InChI is InChI=1S/C17H23N5O2/c1-12(2)21-8-15(16(9-21)24-3)20-17(23)13-4-6-14(7-5-13)22-10-18-19-11-22/h4-7,10-12,15-16H,8-9H2,1-3H3,(H,20,23)/t15-,16-/m0/s1. The average Bonchev–Trinajstić information content (AvgIpc) is 3.24. The lowest BCUT2D eigenvalue weighted by atomic mass is 10.1. The van der Waals surface area contributed by atoms with Crippen LogP contribution in [0.4, 0.5) is 0 Å². The van der Waals surface area contributed by atoms with Gasteiger partial charge in [0.15, 0.2) is 0 Å². The molecule has 0 spiro atoms. The Hall–Kier alpha value is -2.25. The SMILES string of the molecule is CO[C@H]1CN(C(C)C)C[C@@H]1NC(=O)c1ccc(-n2cnnc2)cc1. The van der Waals surface area contributed by atoms with E-state index in [1.54, 1.807) is 24.3 Å². The molecule has 24 heavy (non-hydrogen) atoms. The van der Waals surface area contributed by atoms with Crippen molar-refractivity contribution >= 4 is 5.91 Å². The number of hydrogen-bond acceptors (Lipinski definition) is 5. The molecule has 1 aliphatic heterocycles. The highest BCUT2D eigenvalue weighted by Gasteiger charge is 2.35. The number of amides is 1. The third-order valence-corrected chi connectivity index (χ3v) is 4.49. The summed E-state index contributed by atoms with van der Waals surface area (Å²) >= 11 is 0. The third-order valence-electron chi connectivity index (χ3n) is 4.49. The Bertz CT molecular complexity index is 669. The molecule has 2 atom stereocenters. The summed E-state index contributed by atoms with van der Waals surface area (Å²) in [5.41, 5.74) is 1.54. The molecular formula is C17H23N5O2. The van der Waals surface area contributed by atoms with Crippen LogP contribution >= 0.6 is 0 Å². The normalized spacial score (nSPS) is 21.3. The maximum absolute atomic E-state index is 12.5. The van der Waals surface area contributed by atoms with E-state index in [9.17, 15) is 4.79 Å². The highest BCUT2D eigenvalue weighted by atomic mass is 16.5. The fourth-order valence-electron chi connectivity index (χ4n) is 2.97. The number of methoxy groups -OCH3 is 1. The molecule has 0 radical (unpaired) electrons. The molecule has 1 aromatic heterocycles. The largest absolute Gasteiger partial charge is 0.378 e. The number of carbonyl (C=O) groups excluding carboxylic acids is 1. The van der Waals surface area contributed by atoms with E-state index in [2.05, 4.69) is 34.3 Å². The van der Waals surface area contributed by atoms with Crippen molar-refractivity contribution in [2.45, 2.75) is 32.0 Å². The minimum Gasteiger partial charge on any atom is -0.378 e. The lowest BCUT2D eigenvalue weighted by Gasteiger charge is -2.20. The lowest BCUT2D eigenvalue weighted by molar-refractivity contribution is 0.0753. The molecule has 0 bridgehead atoms. The second-order valence-corrected chi connectivity index (χ2v) is 6.32. The van der Waals surface area contributed by atoms with E-state index in [4.69, 9.17) is 4.74 Å². The van der Waals surface area contributed by atoms with E-state index in [1.165, 1.54) is 0 Å². The van der Waals surface area contributed by atoms with Crippen molar-refractivity contribution < 1.29 is 9.53 Å². The first-order valence-electron chi connectivity index (χ1n) is 8.11. The van der Waals surface area contributed by atoms with Crippen LogP contribution in [0.25, 0.3) is 5.69 Å². The molecule has 0 unspecified atom stereocenters. The van der Waals surface area contributed by atoms with E-state index in [0.29, 0.717) is 11.6 Å². The average molecular weight is 329 g/mol. The van der Waals surface area contributed by atoms with Crippen LogP contribution in [0.5, 0.6) is 0 Å². The molecule has 1 aromatic carbocycles. The van der Waals surface area contributed by atoms with Crippen LogP contribution in [-0.2, 0) is 4.74 Å². The van der Waals surface area contributed by atoms with Gasteiger partial charge in [-0.1, -0.05) is 0 Å². The predicted octanol–water partition coefficient (Wildman–Crippen LogP) is 1.10. The van der Waals surface area contributed by atoms with Gasteiger partial charge >= 0.3 is 0 Å². The van der Waals surface area contributed by atoms with Gasteiger partial charge < -0.3 is 10.1 Å². The van der Waals surface area contributed by atoms with Crippen LogP contribution in [0.1, 0.15) is 24.2 Å². The molecule has 1 saturated heterocycles. The van der Waals surface area contributed by atoms with Crippen molar-refractivity contribution in [3.05, 3.63) is 42.5 Å². The van der Waals surface area contributed by atoms with Gasteiger partial charge in [0.25, 0.3) is 5.91 Å². The van der Waals surface area contributed by atoms with Gasteiger partial charge in [0.05, 0.1) is 12.1 Å². The summed E-state index contributed by atoms with van der Waals surface area (Å²) in [6.07, 6.45) is 3.27. The third kappa shape index (κ3) is 3.47. The number of nitrogens with zero attached hydrogens (tertiary/aromatic N) is 4. The number of likely N-dealkylation sites (tertiary alicyclic amines) is 1. The molecule has 1 amide bonds. The molecule has 128 valence electrons. The summed E-state index contributed by atoms with van der Waals surface area (Å²) in [4.78, 5) is 14.8. The topological polar surface area (TPSA) is 72.3 Å². The zero-order valence-corrected chi connectivity index (χ0v) is 14.2. The predicted molar refractivity (Wildman–Crippen MR) is 90.1 cm³/mol. The van der Waals surface area contributed by atoms with Crippen molar-refractivity contribution in [2.24, 2.45) is 0 Å². The first-order chi connectivity index (χ1) is 11.6. The fourth-order valence-corrected chi connectivity index (χ4v) is 2.97. The number of ether oxygens (including phenoxy) is 1. The van der Waals surface area contributed by atoms with Gasteiger partial charge in [0, 0.05) is 37.5 Å². The number of aromatic nitrogens is 3. The Labute approximate surface area is 141 Å². The molecule has 7 heteroatoms. The lowest BCUT2D eigenvalue weighted by Crippen LogP contribution is -2.43. The second-order valence-electron chi connectivity index (χ2n) is 6.32. The minimum absolute atomic E-state index is 0.00225. The Kier molecular flexibility index (Phi) is 4.92. The number of nitrogens with one attached hydrogen (secondary N) is 1. The van der Waals surface area contributed by atoms with Gasteiger partial charge in [-0.15, -0.1) is 10.2 Å². The van der Waals surface area contributed by atoms with Crippen molar-refractivity contribution in [1.82, 2.24) is 25.0 Å². The fraction of sp³-hybridized carbons (Fsp3) is 0.471. The van der Waals surface area contributed by atoms with Crippen LogP contribution in [0, 0.1) is 0 Å². The zero-order valence-electron chi connectivity index (χ0n) is 14.2. The van der Waals surface area contributed by atoms with Crippen molar-refractivity contribution in [3.8, 4) is 5.69 Å². The van der Waals surface area contributed by atoms with Gasteiger partial charge in [-0.05, 0) is 38.1 Å². The molecule has 7 nitrogen and oxygen atoms in total. The molecule has 1 fully saturated rings. The quantitative estimate of drug-likeness (QED) is 0.889. The summed E-state index contributed by atoms with van der Waals surface area (Å²) in [6, 6.07) is 7.81. The molecular weight excluding hydrogens is 306 g/mol. The summed E-state index contributed by atoms with van der Waals surface area (Å²) in [5, 5.41) is 10.7. The van der Waals surface area contributed by atoms with Gasteiger partial charge in [-0.2, -0.15) is 0 Å². The highest BCUT2D eigenvalue weighted by Crippen LogP contribution is 2.17. The molecule has 0 aliphatic carbocycles. The first kappa shape index (κ1) is 16.6. The first-order valence-corrected chi connectivity index (χ1v) is 8.11. The monoisotopic (exact) mass is 329 g/mol. The maximum atomic E-state index is 12.5. The van der Waals surface area contributed by atoms with Crippen LogP contribution in [0.2, 0.25) is 0 Å². The van der Waals surface area contributed by atoms with Crippen LogP contribution in [-0.4, -0.2) is 64.0 Å². The molecule has 1 aliphatic rings. The van der Waals surface area contributed by atoms with Crippen LogP contribution in [0.3, 0.4) is 0 Å². The van der Waals surface area contributed by atoms with Crippen molar-refractivity contribution in [3.63, 3.8) is 0 Å². The smallest absolute Gasteiger partial charge is 0.251 e. The number of rotatable bonds is 5. The molecule has 1 N–H and O–H groups in total. The van der Waals surface area contributed by atoms with E-state index in [0.717, 1.165) is 18.8 Å². The Morgan fingerprint density at radius 2 is 1.88 bits per heavy atom. The highest BCUT2D eigenvalue weighted by molar-refractivity contribution is 5.94. The number of benzene rings is 1. The summed E-state index contributed by atoms with van der Waals surface area (Å²) in [5.74, 6) is -0.0806. The number of hydrogen-bond donors (Lipinski definition) is 1. The van der Waals surface area contributed by atoms with E-state index < -0.39 is 0 Å². The Morgan fingerprint density at radius 3 is 2.46 bits per heavy atom. The molecule has 2 heterocycles. The molecule has 0 saturated carbocycles. The Balaban J connectivity index is 1.66. The van der Waals surface area contributed by atoms with E-state index >= 15 is 0 Å². The molecule has 3 rings (SSSR count). The zero-order chi connectivity index (χ0) is 17.1. The van der Waals surface area contributed by atoms with Gasteiger partial charge in [0.1, 0.15) is 12.7 Å². The van der Waals surface area contributed by atoms with Crippen LogP contribution in [0.15, 0.2) is 36.9 Å².